The standard InChI is InChI=1S/C14H23N3O/c1-10(2)5-6-11(3)17-14(18)12-7-8-16-9-13(12)15-4/h7-11,15H,5-6H2,1-4H3,(H,17,18). The zero-order valence-corrected chi connectivity index (χ0v) is 11.7. The van der Waals surface area contributed by atoms with Crippen LogP contribution in [0, 0.1) is 5.92 Å². The van der Waals surface area contributed by atoms with Gasteiger partial charge in [-0.1, -0.05) is 13.8 Å². The predicted molar refractivity (Wildman–Crippen MR) is 74.8 cm³/mol. The second kappa shape index (κ2) is 6.99. The van der Waals surface area contributed by atoms with Gasteiger partial charge in [0, 0.05) is 19.3 Å². The van der Waals surface area contributed by atoms with Crippen LogP contribution in [0.15, 0.2) is 18.5 Å². The summed E-state index contributed by atoms with van der Waals surface area (Å²) in [6.07, 6.45) is 5.42. The van der Waals surface area contributed by atoms with Gasteiger partial charge in [0.05, 0.1) is 17.4 Å². The summed E-state index contributed by atoms with van der Waals surface area (Å²) in [5.41, 5.74) is 1.40. The summed E-state index contributed by atoms with van der Waals surface area (Å²) in [5.74, 6) is 0.621. The molecule has 0 radical (unpaired) electrons. The number of carbonyl (C=O) groups excluding carboxylic acids is 1. The maximum absolute atomic E-state index is 12.1. The van der Waals surface area contributed by atoms with Gasteiger partial charge in [-0.15, -0.1) is 0 Å². The smallest absolute Gasteiger partial charge is 0.253 e. The van der Waals surface area contributed by atoms with Gasteiger partial charge in [0.15, 0.2) is 0 Å². The van der Waals surface area contributed by atoms with Gasteiger partial charge in [0.1, 0.15) is 0 Å². The summed E-state index contributed by atoms with van der Waals surface area (Å²) in [7, 11) is 1.79. The highest BCUT2D eigenvalue weighted by atomic mass is 16.1. The Morgan fingerprint density at radius 1 is 1.33 bits per heavy atom. The molecule has 0 aromatic carbocycles. The van der Waals surface area contributed by atoms with Crippen molar-refractivity contribution in [3.63, 3.8) is 0 Å². The van der Waals surface area contributed by atoms with Crippen molar-refractivity contribution in [2.24, 2.45) is 5.92 Å². The maximum atomic E-state index is 12.1. The highest BCUT2D eigenvalue weighted by molar-refractivity contribution is 5.99. The molecule has 1 atom stereocenters. The van der Waals surface area contributed by atoms with Crippen LogP contribution < -0.4 is 10.6 Å². The number of hydrogen-bond donors (Lipinski definition) is 2. The van der Waals surface area contributed by atoms with Crippen molar-refractivity contribution < 1.29 is 4.79 Å². The van der Waals surface area contributed by atoms with E-state index in [9.17, 15) is 4.79 Å². The average Bonchev–Trinajstić information content (AvgIpc) is 2.36. The van der Waals surface area contributed by atoms with Crippen LogP contribution in [0.25, 0.3) is 0 Å². The van der Waals surface area contributed by atoms with Crippen molar-refractivity contribution in [1.29, 1.82) is 0 Å². The lowest BCUT2D eigenvalue weighted by atomic mass is 10.0. The van der Waals surface area contributed by atoms with Crippen LogP contribution in [0.4, 0.5) is 5.69 Å². The fraction of sp³-hybridized carbons (Fsp3) is 0.571. The molecule has 0 aliphatic rings. The molecule has 0 aliphatic heterocycles. The van der Waals surface area contributed by atoms with Gasteiger partial charge in [0.2, 0.25) is 0 Å². The molecular weight excluding hydrogens is 226 g/mol. The van der Waals surface area contributed by atoms with Gasteiger partial charge < -0.3 is 10.6 Å². The summed E-state index contributed by atoms with van der Waals surface area (Å²) in [5, 5.41) is 6.00. The molecule has 0 saturated carbocycles. The number of hydrogen-bond acceptors (Lipinski definition) is 3. The van der Waals surface area contributed by atoms with Crippen LogP contribution in [0.5, 0.6) is 0 Å². The first kappa shape index (κ1) is 14.5. The van der Waals surface area contributed by atoms with E-state index < -0.39 is 0 Å². The van der Waals surface area contributed by atoms with E-state index in [0.717, 1.165) is 18.5 Å². The normalized spacial score (nSPS) is 12.3. The monoisotopic (exact) mass is 249 g/mol. The molecule has 1 aromatic rings. The highest BCUT2D eigenvalue weighted by Gasteiger charge is 2.13. The number of anilines is 1. The molecule has 1 unspecified atom stereocenters. The average molecular weight is 249 g/mol. The van der Waals surface area contributed by atoms with E-state index >= 15 is 0 Å². The minimum atomic E-state index is -0.0435. The van der Waals surface area contributed by atoms with Crippen molar-refractivity contribution >= 4 is 11.6 Å². The molecule has 18 heavy (non-hydrogen) atoms. The van der Waals surface area contributed by atoms with Crippen molar-refractivity contribution in [3.05, 3.63) is 24.0 Å². The third-order valence-corrected chi connectivity index (χ3v) is 2.89. The Labute approximate surface area is 109 Å². The number of carbonyl (C=O) groups is 1. The molecule has 100 valence electrons. The summed E-state index contributed by atoms with van der Waals surface area (Å²) in [4.78, 5) is 16.1. The molecule has 4 nitrogen and oxygen atoms in total. The summed E-state index contributed by atoms with van der Waals surface area (Å²) < 4.78 is 0. The fourth-order valence-electron chi connectivity index (χ4n) is 1.75. The van der Waals surface area contributed by atoms with Gasteiger partial charge in [-0.2, -0.15) is 0 Å². The third kappa shape index (κ3) is 4.35. The topological polar surface area (TPSA) is 54.0 Å². The lowest BCUT2D eigenvalue weighted by Crippen LogP contribution is -2.33. The van der Waals surface area contributed by atoms with E-state index in [2.05, 4.69) is 29.5 Å². The van der Waals surface area contributed by atoms with E-state index in [1.165, 1.54) is 0 Å². The molecule has 0 bridgehead atoms. The number of rotatable bonds is 6. The predicted octanol–water partition coefficient (Wildman–Crippen LogP) is 2.68. The van der Waals surface area contributed by atoms with Crippen LogP contribution in [0.2, 0.25) is 0 Å². The quantitative estimate of drug-likeness (QED) is 0.815. The van der Waals surface area contributed by atoms with Crippen molar-refractivity contribution in [3.8, 4) is 0 Å². The Kier molecular flexibility index (Phi) is 5.62. The SMILES string of the molecule is CNc1cnccc1C(=O)NC(C)CCC(C)C. The van der Waals surface area contributed by atoms with Crippen molar-refractivity contribution in [1.82, 2.24) is 10.3 Å². The number of amides is 1. The largest absolute Gasteiger partial charge is 0.386 e. The number of nitrogens with one attached hydrogen (secondary N) is 2. The zero-order chi connectivity index (χ0) is 13.5. The second-order valence-electron chi connectivity index (χ2n) is 5.02. The summed E-state index contributed by atoms with van der Waals surface area (Å²) >= 11 is 0. The zero-order valence-electron chi connectivity index (χ0n) is 11.7. The molecule has 2 N–H and O–H groups in total. The van der Waals surface area contributed by atoms with E-state index in [1.807, 2.05) is 6.92 Å². The van der Waals surface area contributed by atoms with Crippen LogP contribution >= 0.6 is 0 Å². The molecule has 0 aliphatic carbocycles. The molecule has 1 rings (SSSR count). The molecule has 0 fully saturated rings. The highest BCUT2D eigenvalue weighted by Crippen LogP contribution is 2.13. The fourth-order valence-corrected chi connectivity index (χ4v) is 1.75. The maximum Gasteiger partial charge on any atom is 0.253 e. The Bertz CT molecular complexity index is 390. The third-order valence-electron chi connectivity index (χ3n) is 2.89. The molecule has 1 heterocycles. The Balaban J connectivity index is 2.59. The lowest BCUT2D eigenvalue weighted by Gasteiger charge is -2.16. The lowest BCUT2D eigenvalue weighted by molar-refractivity contribution is 0.0938. The van der Waals surface area contributed by atoms with Gasteiger partial charge in [-0.25, -0.2) is 0 Å². The van der Waals surface area contributed by atoms with E-state index in [4.69, 9.17) is 0 Å². The number of pyridine rings is 1. The van der Waals surface area contributed by atoms with Crippen LogP contribution in [0.3, 0.4) is 0 Å². The minimum Gasteiger partial charge on any atom is -0.386 e. The second-order valence-corrected chi connectivity index (χ2v) is 5.02. The first-order chi connectivity index (χ1) is 8.54. The van der Waals surface area contributed by atoms with Crippen molar-refractivity contribution in [2.75, 3.05) is 12.4 Å². The van der Waals surface area contributed by atoms with Crippen molar-refractivity contribution in [2.45, 2.75) is 39.7 Å². The molecule has 1 aromatic heterocycles. The molecular formula is C14H23N3O. The molecule has 1 amide bonds. The molecule has 4 heteroatoms. The first-order valence-electron chi connectivity index (χ1n) is 6.47. The Hall–Kier alpha value is -1.58. The molecule has 0 spiro atoms. The van der Waals surface area contributed by atoms with Crippen LogP contribution in [-0.2, 0) is 0 Å². The van der Waals surface area contributed by atoms with E-state index in [0.29, 0.717) is 11.5 Å². The van der Waals surface area contributed by atoms with E-state index in [1.54, 1.807) is 25.5 Å². The summed E-state index contributed by atoms with van der Waals surface area (Å²) in [6, 6.07) is 1.92. The van der Waals surface area contributed by atoms with Crippen LogP contribution in [-0.4, -0.2) is 24.0 Å². The minimum absolute atomic E-state index is 0.0435. The van der Waals surface area contributed by atoms with Gasteiger partial charge in [-0.05, 0) is 31.7 Å². The Morgan fingerprint density at radius 3 is 2.67 bits per heavy atom. The van der Waals surface area contributed by atoms with Crippen LogP contribution in [0.1, 0.15) is 44.0 Å². The van der Waals surface area contributed by atoms with Gasteiger partial charge >= 0.3 is 0 Å². The number of nitrogens with zero attached hydrogens (tertiary/aromatic N) is 1. The Morgan fingerprint density at radius 2 is 2.06 bits per heavy atom. The number of aromatic nitrogens is 1. The first-order valence-corrected chi connectivity index (χ1v) is 6.47. The summed E-state index contributed by atoms with van der Waals surface area (Å²) in [6.45, 7) is 6.42. The van der Waals surface area contributed by atoms with E-state index in [-0.39, 0.29) is 11.9 Å². The van der Waals surface area contributed by atoms with Gasteiger partial charge in [-0.3, -0.25) is 9.78 Å². The molecule has 0 saturated heterocycles. The van der Waals surface area contributed by atoms with Gasteiger partial charge in [0.25, 0.3) is 5.91 Å².